The Balaban J connectivity index is 1.61. The molecule has 3 heterocycles. The molecule has 8 atom stereocenters. The second-order valence-electron chi connectivity index (χ2n) is 11.3. The van der Waals surface area contributed by atoms with Crippen LogP contribution in [-0.4, -0.2) is 93.0 Å². The normalized spacial score (nSPS) is 29.0. The van der Waals surface area contributed by atoms with Gasteiger partial charge in [-0.15, -0.1) is 13.2 Å². The fraction of sp³-hybridized carbons (Fsp3) is 0.548. The van der Waals surface area contributed by atoms with E-state index in [1.807, 2.05) is 30.3 Å². The molecule has 10 nitrogen and oxygen atoms in total. The van der Waals surface area contributed by atoms with Gasteiger partial charge >= 0.3 is 5.97 Å². The van der Waals surface area contributed by atoms with Crippen molar-refractivity contribution in [2.75, 3.05) is 19.7 Å². The number of hydrogen-bond donors (Lipinski definition) is 2. The second-order valence-corrected chi connectivity index (χ2v) is 12.5. The van der Waals surface area contributed by atoms with Gasteiger partial charge in [-0.05, 0) is 32.3 Å². The summed E-state index contributed by atoms with van der Waals surface area (Å²) >= 11 is 3.65. The zero-order valence-corrected chi connectivity index (χ0v) is 25.7. The molecule has 3 aliphatic rings. The number of hydrogen-bond acceptors (Lipinski definition) is 7. The Labute approximate surface area is 255 Å². The van der Waals surface area contributed by atoms with Gasteiger partial charge in [-0.3, -0.25) is 19.2 Å². The maximum atomic E-state index is 14.4. The second kappa shape index (κ2) is 13.5. The molecule has 4 rings (SSSR count). The molecular weight excluding hydrogens is 606 g/mol. The lowest BCUT2D eigenvalue weighted by Gasteiger charge is -2.38. The molecule has 3 aliphatic heterocycles. The molecule has 11 heteroatoms. The summed E-state index contributed by atoms with van der Waals surface area (Å²) in [5.74, 6) is -3.45. The maximum absolute atomic E-state index is 14.4. The third-order valence-corrected chi connectivity index (χ3v) is 9.17. The van der Waals surface area contributed by atoms with Crippen molar-refractivity contribution in [1.82, 2.24) is 15.1 Å². The molecule has 3 fully saturated rings. The lowest BCUT2D eigenvalue weighted by Crippen LogP contribution is -2.58. The topological polar surface area (TPSA) is 125 Å². The number of esters is 1. The predicted octanol–water partition coefficient (Wildman–Crippen LogP) is 2.34. The van der Waals surface area contributed by atoms with Gasteiger partial charge < -0.3 is 29.7 Å². The van der Waals surface area contributed by atoms with Crippen LogP contribution in [0.15, 0.2) is 55.6 Å². The van der Waals surface area contributed by atoms with E-state index in [4.69, 9.17) is 9.47 Å². The van der Waals surface area contributed by atoms with Crippen molar-refractivity contribution in [3.05, 3.63) is 61.2 Å². The number of rotatable bonds is 14. The van der Waals surface area contributed by atoms with E-state index in [9.17, 15) is 24.3 Å². The Morgan fingerprint density at radius 1 is 1.26 bits per heavy atom. The van der Waals surface area contributed by atoms with Gasteiger partial charge in [0.05, 0.1) is 37.1 Å². The van der Waals surface area contributed by atoms with Crippen LogP contribution >= 0.6 is 15.9 Å². The highest BCUT2D eigenvalue weighted by Crippen LogP contribution is 2.60. The summed E-state index contributed by atoms with van der Waals surface area (Å²) in [6, 6.07) is 7.77. The number of alkyl halides is 1. The van der Waals surface area contributed by atoms with Gasteiger partial charge in [0.1, 0.15) is 17.7 Å². The molecule has 3 amide bonds. The van der Waals surface area contributed by atoms with Crippen molar-refractivity contribution >= 4 is 39.6 Å². The number of allylic oxidation sites excluding steroid dienone is 1. The first kappa shape index (κ1) is 31.9. The number of aliphatic hydroxyl groups is 1. The number of halogens is 1. The summed E-state index contributed by atoms with van der Waals surface area (Å²) in [6.07, 6.45) is 3.12. The SMILES string of the molecule is C=CCCC(=O)NC[C@@H](C)OC(=O)[C@H]1[C@@H]2O[C@@]3(CC2Br)[C@@H]1C(=O)N([C@H](C)CO)[C@@H]3C(=O)N(CC=C)Cc1ccccc1. The van der Waals surface area contributed by atoms with E-state index in [1.54, 1.807) is 30.9 Å². The zero-order chi connectivity index (χ0) is 30.6. The first-order valence-electron chi connectivity index (χ1n) is 14.4. The average molecular weight is 647 g/mol. The minimum atomic E-state index is -1.28. The molecule has 1 spiro atoms. The molecule has 2 N–H and O–H groups in total. The van der Waals surface area contributed by atoms with Crippen molar-refractivity contribution in [1.29, 1.82) is 0 Å². The van der Waals surface area contributed by atoms with E-state index in [0.29, 0.717) is 19.4 Å². The summed E-state index contributed by atoms with van der Waals surface area (Å²) in [7, 11) is 0. The monoisotopic (exact) mass is 645 g/mol. The molecular formula is C31H40BrN3O7. The van der Waals surface area contributed by atoms with Crippen LogP contribution in [0.1, 0.15) is 38.7 Å². The van der Waals surface area contributed by atoms with Crippen LogP contribution in [0, 0.1) is 11.8 Å². The largest absolute Gasteiger partial charge is 0.460 e. The van der Waals surface area contributed by atoms with Crippen LogP contribution in [-0.2, 0) is 35.2 Å². The molecule has 3 saturated heterocycles. The number of carbonyl (C=O) groups excluding carboxylic acids is 4. The number of aliphatic hydroxyl groups excluding tert-OH is 1. The van der Waals surface area contributed by atoms with E-state index in [1.165, 1.54) is 4.90 Å². The fourth-order valence-corrected chi connectivity index (χ4v) is 7.38. The number of nitrogens with one attached hydrogen (secondary N) is 1. The van der Waals surface area contributed by atoms with E-state index in [2.05, 4.69) is 34.4 Å². The van der Waals surface area contributed by atoms with Gasteiger partial charge in [0.15, 0.2) is 0 Å². The molecule has 0 radical (unpaired) electrons. The number of ether oxygens (including phenoxy) is 2. The number of carbonyl (C=O) groups is 4. The molecule has 0 aromatic heterocycles. The Bertz CT molecular complexity index is 1200. The number of amides is 3. The first-order valence-corrected chi connectivity index (χ1v) is 15.3. The molecule has 0 saturated carbocycles. The van der Waals surface area contributed by atoms with E-state index in [-0.39, 0.29) is 42.8 Å². The summed E-state index contributed by atoms with van der Waals surface area (Å²) in [5, 5.41) is 12.8. The Hall–Kier alpha value is -3.02. The molecule has 1 unspecified atom stereocenters. The van der Waals surface area contributed by atoms with Crippen molar-refractivity contribution in [2.24, 2.45) is 11.8 Å². The summed E-state index contributed by atoms with van der Waals surface area (Å²) < 4.78 is 12.2. The van der Waals surface area contributed by atoms with Crippen LogP contribution in [0.5, 0.6) is 0 Å². The zero-order valence-electron chi connectivity index (χ0n) is 24.1. The van der Waals surface area contributed by atoms with Gasteiger partial charge in [-0.2, -0.15) is 0 Å². The molecule has 0 aliphatic carbocycles. The fourth-order valence-electron chi connectivity index (χ4n) is 6.44. The highest BCUT2D eigenvalue weighted by molar-refractivity contribution is 9.09. The van der Waals surface area contributed by atoms with Crippen molar-refractivity contribution < 1.29 is 33.8 Å². The van der Waals surface area contributed by atoms with Gasteiger partial charge in [0.25, 0.3) is 0 Å². The lowest BCUT2D eigenvalue weighted by molar-refractivity contribution is -0.160. The van der Waals surface area contributed by atoms with Gasteiger partial charge in [0, 0.05) is 24.3 Å². The highest BCUT2D eigenvalue weighted by atomic mass is 79.9. The summed E-state index contributed by atoms with van der Waals surface area (Å²) in [6.45, 7) is 11.1. The smallest absolute Gasteiger partial charge is 0.312 e. The summed E-state index contributed by atoms with van der Waals surface area (Å²) in [4.78, 5) is 56.8. The lowest BCUT2D eigenvalue weighted by atomic mass is 9.70. The molecule has 228 valence electrons. The van der Waals surface area contributed by atoms with Crippen LogP contribution in [0.4, 0.5) is 0 Å². The number of fused-ring (bicyclic) bond motifs is 1. The minimum absolute atomic E-state index is 0.117. The molecule has 1 aromatic rings. The van der Waals surface area contributed by atoms with Crippen LogP contribution in [0.2, 0.25) is 0 Å². The number of likely N-dealkylation sites (tertiary alicyclic amines) is 1. The third kappa shape index (κ3) is 6.05. The minimum Gasteiger partial charge on any atom is -0.460 e. The van der Waals surface area contributed by atoms with E-state index in [0.717, 1.165) is 5.56 Å². The highest BCUT2D eigenvalue weighted by Gasteiger charge is 2.77. The number of benzene rings is 1. The molecule has 1 aromatic carbocycles. The molecule has 2 bridgehead atoms. The average Bonchev–Trinajstić information content (AvgIpc) is 3.57. The Morgan fingerprint density at radius 3 is 2.62 bits per heavy atom. The molecule has 42 heavy (non-hydrogen) atoms. The van der Waals surface area contributed by atoms with Crippen LogP contribution in [0.25, 0.3) is 0 Å². The standard InChI is InChI=1S/C31H40BrN3O7/c1-5-7-13-23(37)33-16-20(4)41-30(40)24-25-28(38)35(19(3)18-36)27(31(25)15-22(32)26(24)42-31)29(39)34(14-6-2)17-21-11-9-8-10-12-21/h5-6,8-12,19-20,22,24-27,36H,1-2,7,13-18H2,3-4H3,(H,33,37)/t19-,20-,22?,24-,25+,26-,27-,31+/m1/s1. The maximum Gasteiger partial charge on any atom is 0.312 e. The van der Waals surface area contributed by atoms with Crippen LogP contribution < -0.4 is 5.32 Å². The third-order valence-electron chi connectivity index (χ3n) is 8.33. The van der Waals surface area contributed by atoms with Gasteiger partial charge in [-0.25, -0.2) is 0 Å². The van der Waals surface area contributed by atoms with Crippen molar-refractivity contribution in [3.63, 3.8) is 0 Å². The van der Waals surface area contributed by atoms with Gasteiger partial charge in [-0.1, -0.05) is 58.4 Å². The Kier molecular flexibility index (Phi) is 10.3. The van der Waals surface area contributed by atoms with E-state index >= 15 is 0 Å². The first-order chi connectivity index (χ1) is 20.1. The number of nitrogens with zero attached hydrogens (tertiary/aromatic N) is 2. The van der Waals surface area contributed by atoms with Crippen molar-refractivity contribution in [3.8, 4) is 0 Å². The van der Waals surface area contributed by atoms with Gasteiger partial charge in [0.2, 0.25) is 17.7 Å². The Morgan fingerprint density at radius 2 is 1.98 bits per heavy atom. The predicted molar refractivity (Wildman–Crippen MR) is 159 cm³/mol. The van der Waals surface area contributed by atoms with E-state index < -0.39 is 53.6 Å². The quantitative estimate of drug-likeness (QED) is 0.181. The van der Waals surface area contributed by atoms with Crippen LogP contribution in [0.3, 0.4) is 0 Å². The summed E-state index contributed by atoms with van der Waals surface area (Å²) in [5.41, 5.74) is -0.367. The van der Waals surface area contributed by atoms with Crippen molar-refractivity contribution in [2.45, 2.75) is 74.4 Å².